The zero-order chi connectivity index (χ0) is 19.0. The minimum atomic E-state index is 0.125. The van der Waals surface area contributed by atoms with Crippen LogP contribution in [0.5, 0.6) is 0 Å². The number of piperazine rings is 1. The van der Waals surface area contributed by atoms with Crippen molar-refractivity contribution in [2.75, 3.05) is 32.7 Å². The van der Waals surface area contributed by atoms with Crippen LogP contribution in [0.25, 0.3) is 0 Å². The molecular formula is C19H26N6O2. The molecule has 1 fully saturated rings. The Labute approximate surface area is 159 Å². The van der Waals surface area contributed by atoms with Crippen LogP contribution in [0.15, 0.2) is 26.9 Å². The standard InChI is InChI=1S/C19H26N6O2/c1-4-15-12-25-6-5-20-18(19(25)21-15)24-9-7-23(8-10-24)17(26)11-16-13(2)22-27-14(16)3/h5-6,15H,4,7-12H2,1-3H3. The van der Waals surface area contributed by atoms with E-state index in [4.69, 9.17) is 9.52 Å². The summed E-state index contributed by atoms with van der Waals surface area (Å²) < 4.78 is 5.17. The van der Waals surface area contributed by atoms with Crippen molar-refractivity contribution in [3.05, 3.63) is 29.4 Å². The lowest BCUT2D eigenvalue weighted by Gasteiger charge is -2.37. The highest BCUT2D eigenvalue weighted by atomic mass is 16.5. The van der Waals surface area contributed by atoms with E-state index >= 15 is 0 Å². The Morgan fingerprint density at radius 2 is 2.00 bits per heavy atom. The molecule has 0 saturated carbocycles. The molecule has 0 radical (unpaired) electrons. The maximum absolute atomic E-state index is 12.7. The van der Waals surface area contributed by atoms with Gasteiger partial charge in [0.1, 0.15) is 5.76 Å². The van der Waals surface area contributed by atoms with Crippen molar-refractivity contribution in [3.63, 3.8) is 0 Å². The van der Waals surface area contributed by atoms with Gasteiger partial charge in [-0.1, -0.05) is 12.1 Å². The van der Waals surface area contributed by atoms with Crippen molar-refractivity contribution in [3.8, 4) is 0 Å². The number of hydrogen-bond acceptors (Lipinski definition) is 7. The van der Waals surface area contributed by atoms with Crippen LogP contribution in [0, 0.1) is 13.8 Å². The monoisotopic (exact) mass is 370 g/mol. The molecule has 0 bridgehead atoms. The van der Waals surface area contributed by atoms with Gasteiger partial charge in [-0.2, -0.15) is 0 Å². The summed E-state index contributed by atoms with van der Waals surface area (Å²) in [4.78, 5) is 28.4. The second kappa shape index (κ2) is 7.17. The van der Waals surface area contributed by atoms with Crippen LogP contribution in [0.2, 0.25) is 0 Å². The number of carbonyl (C=O) groups excluding carboxylic acids is 1. The minimum Gasteiger partial charge on any atom is -0.361 e. The van der Waals surface area contributed by atoms with Gasteiger partial charge in [-0.25, -0.2) is 4.99 Å². The molecular weight excluding hydrogens is 344 g/mol. The lowest BCUT2D eigenvalue weighted by molar-refractivity contribution is -0.131. The molecule has 1 aromatic heterocycles. The number of amidine groups is 2. The van der Waals surface area contributed by atoms with Crippen molar-refractivity contribution in [2.24, 2.45) is 9.98 Å². The predicted molar refractivity (Wildman–Crippen MR) is 103 cm³/mol. The zero-order valence-corrected chi connectivity index (χ0v) is 16.2. The highest BCUT2D eigenvalue weighted by molar-refractivity contribution is 6.41. The third kappa shape index (κ3) is 3.36. The molecule has 1 atom stereocenters. The number of amides is 1. The average molecular weight is 370 g/mol. The van der Waals surface area contributed by atoms with E-state index in [0.717, 1.165) is 54.7 Å². The Hall–Kier alpha value is -2.64. The van der Waals surface area contributed by atoms with Gasteiger partial charge in [-0.05, 0) is 20.3 Å². The van der Waals surface area contributed by atoms with E-state index in [1.807, 2.05) is 31.1 Å². The van der Waals surface area contributed by atoms with E-state index in [1.54, 1.807) is 0 Å². The smallest absolute Gasteiger partial charge is 0.227 e. The molecule has 0 aliphatic carbocycles. The van der Waals surface area contributed by atoms with E-state index in [1.165, 1.54) is 0 Å². The fourth-order valence-electron chi connectivity index (χ4n) is 3.79. The summed E-state index contributed by atoms with van der Waals surface area (Å²) in [5, 5.41) is 3.94. The van der Waals surface area contributed by atoms with Crippen LogP contribution in [-0.2, 0) is 11.2 Å². The number of rotatable bonds is 3. The number of fused-ring (bicyclic) bond motifs is 1. The summed E-state index contributed by atoms with van der Waals surface area (Å²) in [6, 6.07) is 0.339. The number of carbonyl (C=O) groups is 1. The third-order valence-corrected chi connectivity index (χ3v) is 5.54. The second-order valence-electron chi connectivity index (χ2n) is 7.27. The zero-order valence-electron chi connectivity index (χ0n) is 16.2. The van der Waals surface area contributed by atoms with E-state index < -0.39 is 0 Å². The number of hydrogen-bond donors (Lipinski definition) is 0. The molecule has 0 aromatic carbocycles. The molecule has 8 nitrogen and oxygen atoms in total. The van der Waals surface area contributed by atoms with Crippen LogP contribution >= 0.6 is 0 Å². The van der Waals surface area contributed by atoms with Crippen LogP contribution in [0.1, 0.15) is 30.4 Å². The molecule has 3 aliphatic rings. The predicted octanol–water partition coefficient (Wildman–Crippen LogP) is 1.35. The first-order valence-corrected chi connectivity index (χ1v) is 9.60. The molecule has 3 aliphatic heterocycles. The van der Waals surface area contributed by atoms with Crippen molar-refractivity contribution in [1.82, 2.24) is 19.9 Å². The molecule has 1 unspecified atom stereocenters. The molecule has 8 heteroatoms. The minimum absolute atomic E-state index is 0.125. The second-order valence-corrected chi connectivity index (χ2v) is 7.27. The summed E-state index contributed by atoms with van der Waals surface area (Å²) in [5.41, 5.74) is 1.71. The highest BCUT2D eigenvalue weighted by Gasteiger charge is 2.33. The number of aryl methyl sites for hydroxylation is 2. The van der Waals surface area contributed by atoms with E-state index in [2.05, 4.69) is 26.9 Å². The summed E-state index contributed by atoms with van der Waals surface area (Å²) >= 11 is 0. The molecule has 27 heavy (non-hydrogen) atoms. The molecule has 4 rings (SSSR count). The van der Waals surface area contributed by atoms with E-state index in [0.29, 0.717) is 25.6 Å². The fraction of sp³-hybridized carbons (Fsp3) is 0.579. The average Bonchev–Trinajstić information content (AvgIpc) is 3.26. The van der Waals surface area contributed by atoms with E-state index in [9.17, 15) is 4.79 Å². The summed E-state index contributed by atoms with van der Waals surface area (Å²) in [6.45, 7) is 9.74. The Morgan fingerprint density at radius 3 is 2.67 bits per heavy atom. The Morgan fingerprint density at radius 1 is 1.22 bits per heavy atom. The lowest BCUT2D eigenvalue weighted by atomic mass is 10.1. The summed E-state index contributed by atoms with van der Waals surface area (Å²) in [7, 11) is 0. The van der Waals surface area contributed by atoms with Gasteiger partial charge in [0.2, 0.25) is 5.91 Å². The van der Waals surface area contributed by atoms with Gasteiger partial charge in [-0.15, -0.1) is 0 Å². The van der Waals surface area contributed by atoms with Crippen LogP contribution < -0.4 is 0 Å². The molecule has 0 N–H and O–H groups in total. The largest absolute Gasteiger partial charge is 0.361 e. The van der Waals surface area contributed by atoms with Gasteiger partial charge in [-0.3, -0.25) is 9.79 Å². The van der Waals surface area contributed by atoms with Crippen molar-refractivity contribution in [2.45, 2.75) is 39.7 Å². The van der Waals surface area contributed by atoms with Gasteiger partial charge in [0.25, 0.3) is 0 Å². The molecule has 0 spiro atoms. The van der Waals surface area contributed by atoms with Crippen molar-refractivity contribution in [1.29, 1.82) is 0 Å². The molecule has 4 heterocycles. The first-order chi connectivity index (χ1) is 13.1. The maximum Gasteiger partial charge on any atom is 0.227 e. The lowest BCUT2D eigenvalue weighted by Crippen LogP contribution is -2.54. The molecule has 1 saturated heterocycles. The Balaban J connectivity index is 1.38. The normalized spacial score (nSPS) is 22.0. The van der Waals surface area contributed by atoms with Crippen LogP contribution in [0.4, 0.5) is 0 Å². The summed E-state index contributed by atoms with van der Waals surface area (Å²) in [5.74, 6) is 2.76. The van der Waals surface area contributed by atoms with Crippen molar-refractivity contribution < 1.29 is 9.32 Å². The highest BCUT2D eigenvalue weighted by Crippen LogP contribution is 2.20. The molecule has 144 valence electrons. The molecule has 1 aromatic rings. The molecule has 1 amide bonds. The quantitative estimate of drug-likeness (QED) is 0.803. The fourth-order valence-corrected chi connectivity index (χ4v) is 3.79. The maximum atomic E-state index is 12.7. The van der Waals surface area contributed by atoms with Crippen LogP contribution in [-0.4, -0.2) is 76.2 Å². The number of nitrogens with zero attached hydrogens (tertiary/aromatic N) is 6. The first kappa shape index (κ1) is 17.8. The van der Waals surface area contributed by atoms with Gasteiger partial charge >= 0.3 is 0 Å². The number of aromatic nitrogens is 1. The third-order valence-electron chi connectivity index (χ3n) is 5.54. The summed E-state index contributed by atoms with van der Waals surface area (Å²) in [6.07, 6.45) is 5.23. The SMILES string of the molecule is CCC1CN2C=CN=C(N3CCN(C(=O)Cc4c(C)noc4C)CC3)C2=N1. The topological polar surface area (TPSA) is 77.5 Å². The van der Waals surface area contributed by atoms with Crippen LogP contribution in [0.3, 0.4) is 0 Å². The Bertz CT molecular complexity index is 797. The van der Waals surface area contributed by atoms with E-state index in [-0.39, 0.29) is 5.91 Å². The van der Waals surface area contributed by atoms with Gasteiger partial charge < -0.3 is 19.2 Å². The first-order valence-electron chi connectivity index (χ1n) is 9.60. The van der Waals surface area contributed by atoms with Gasteiger partial charge in [0.15, 0.2) is 11.7 Å². The Kier molecular flexibility index (Phi) is 4.72. The number of aliphatic imine (C=N–C) groups is 2. The van der Waals surface area contributed by atoms with Gasteiger partial charge in [0, 0.05) is 50.7 Å². The van der Waals surface area contributed by atoms with Crippen molar-refractivity contribution >= 4 is 17.6 Å². The van der Waals surface area contributed by atoms with Gasteiger partial charge in [0.05, 0.1) is 18.2 Å².